The van der Waals surface area contributed by atoms with Crippen LogP contribution in [0.2, 0.25) is 0 Å². The number of carbonyl (C=O) groups excluding carboxylic acids is 1. The standard InChI is InChI=1S/C19H26N3O2P/c1-19(2,3)24-17(23)13-21-7-9-22(10-8-21)16-12-15(25)11-14-5-4-6-20-18(14)16/h4-6,11-12H,7-10,13,25H2,1-3H3. The van der Waals surface area contributed by atoms with Gasteiger partial charge in [0.05, 0.1) is 17.7 Å². The van der Waals surface area contributed by atoms with Crippen molar-refractivity contribution in [2.24, 2.45) is 0 Å². The highest BCUT2D eigenvalue weighted by atomic mass is 31.0. The van der Waals surface area contributed by atoms with Crippen LogP contribution in [0.4, 0.5) is 5.69 Å². The van der Waals surface area contributed by atoms with Gasteiger partial charge in [-0.3, -0.25) is 14.7 Å². The maximum absolute atomic E-state index is 12.0. The molecular formula is C19H26N3O2P. The summed E-state index contributed by atoms with van der Waals surface area (Å²) in [7, 11) is 2.78. The molecule has 5 nitrogen and oxygen atoms in total. The summed E-state index contributed by atoms with van der Waals surface area (Å²) >= 11 is 0. The van der Waals surface area contributed by atoms with E-state index in [1.54, 1.807) is 0 Å². The Morgan fingerprint density at radius 3 is 2.64 bits per heavy atom. The van der Waals surface area contributed by atoms with E-state index in [1.165, 1.54) is 5.69 Å². The highest BCUT2D eigenvalue weighted by Crippen LogP contribution is 2.25. The first-order chi connectivity index (χ1) is 11.8. The fourth-order valence-corrected chi connectivity index (χ4v) is 3.48. The van der Waals surface area contributed by atoms with Gasteiger partial charge in [-0.05, 0) is 44.3 Å². The molecule has 3 rings (SSSR count). The van der Waals surface area contributed by atoms with Crippen LogP contribution >= 0.6 is 9.24 Å². The fourth-order valence-electron chi connectivity index (χ4n) is 3.14. The van der Waals surface area contributed by atoms with Crippen LogP contribution in [-0.2, 0) is 9.53 Å². The number of hydrogen-bond acceptors (Lipinski definition) is 5. The zero-order valence-electron chi connectivity index (χ0n) is 15.2. The first kappa shape index (κ1) is 18.1. The zero-order valence-corrected chi connectivity index (χ0v) is 16.3. The third kappa shape index (κ3) is 4.68. The minimum atomic E-state index is -0.428. The van der Waals surface area contributed by atoms with Crippen LogP contribution in [0, 0.1) is 0 Å². The Balaban J connectivity index is 1.66. The van der Waals surface area contributed by atoms with E-state index in [9.17, 15) is 4.79 Å². The second kappa shape index (κ2) is 7.27. The van der Waals surface area contributed by atoms with Crippen LogP contribution in [0.1, 0.15) is 20.8 Å². The summed E-state index contributed by atoms with van der Waals surface area (Å²) in [5.41, 5.74) is 1.78. The normalized spacial score (nSPS) is 16.2. The minimum Gasteiger partial charge on any atom is -0.459 e. The van der Waals surface area contributed by atoms with Crippen molar-refractivity contribution in [2.45, 2.75) is 26.4 Å². The molecule has 1 unspecified atom stereocenters. The average Bonchev–Trinajstić information content (AvgIpc) is 2.53. The van der Waals surface area contributed by atoms with Crippen molar-refractivity contribution in [3.05, 3.63) is 30.5 Å². The minimum absolute atomic E-state index is 0.153. The number of ether oxygens (including phenoxy) is 1. The van der Waals surface area contributed by atoms with Crippen LogP contribution in [0.15, 0.2) is 30.5 Å². The van der Waals surface area contributed by atoms with E-state index in [4.69, 9.17) is 4.74 Å². The number of nitrogens with zero attached hydrogens (tertiary/aromatic N) is 3. The van der Waals surface area contributed by atoms with Crippen LogP contribution in [0.3, 0.4) is 0 Å². The Morgan fingerprint density at radius 1 is 1.24 bits per heavy atom. The van der Waals surface area contributed by atoms with Gasteiger partial charge in [-0.15, -0.1) is 9.24 Å². The quantitative estimate of drug-likeness (QED) is 0.621. The van der Waals surface area contributed by atoms with E-state index in [-0.39, 0.29) is 5.97 Å². The van der Waals surface area contributed by atoms with E-state index in [0.29, 0.717) is 6.54 Å². The number of piperazine rings is 1. The zero-order chi connectivity index (χ0) is 18.0. The van der Waals surface area contributed by atoms with Gasteiger partial charge in [0.2, 0.25) is 0 Å². The number of aromatic nitrogens is 1. The van der Waals surface area contributed by atoms with Gasteiger partial charge in [0, 0.05) is 37.8 Å². The molecule has 0 radical (unpaired) electrons. The first-order valence-electron chi connectivity index (χ1n) is 8.65. The van der Waals surface area contributed by atoms with Crippen molar-refractivity contribution in [3.8, 4) is 0 Å². The molecule has 134 valence electrons. The van der Waals surface area contributed by atoms with Crippen molar-refractivity contribution < 1.29 is 9.53 Å². The van der Waals surface area contributed by atoms with Crippen LogP contribution < -0.4 is 10.2 Å². The van der Waals surface area contributed by atoms with Crippen LogP contribution in [0.25, 0.3) is 10.9 Å². The van der Waals surface area contributed by atoms with E-state index in [2.05, 4.69) is 42.2 Å². The van der Waals surface area contributed by atoms with Gasteiger partial charge >= 0.3 is 5.97 Å². The Bertz CT molecular complexity index is 765. The maximum atomic E-state index is 12.0. The lowest BCUT2D eigenvalue weighted by Gasteiger charge is -2.36. The molecule has 1 atom stereocenters. The first-order valence-corrected chi connectivity index (χ1v) is 9.23. The molecule has 1 aromatic carbocycles. The SMILES string of the molecule is CC(C)(C)OC(=O)CN1CCN(c2cc(P)cc3cccnc23)CC1. The number of rotatable bonds is 3. The van der Waals surface area contributed by atoms with Gasteiger partial charge in [-0.25, -0.2) is 0 Å². The molecule has 1 aromatic heterocycles. The molecule has 0 spiro atoms. The fraction of sp³-hybridized carbons (Fsp3) is 0.474. The number of hydrogen-bond donors (Lipinski definition) is 0. The number of anilines is 1. The van der Waals surface area contributed by atoms with Gasteiger partial charge in [-0.2, -0.15) is 0 Å². The van der Waals surface area contributed by atoms with Crippen molar-refractivity contribution in [3.63, 3.8) is 0 Å². The van der Waals surface area contributed by atoms with E-state index < -0.39 is 5.60 Å². The van der Waals surface area contributed by atoms with Gasteiger partial charge < -0.3 is 9.64 Å². The molecule has 0 bridgehead atoms. The predicted molar refractivity (Wildman–Crippen MR) is 106 cm³/mol. The maximum Gasteiger partial charge on any atom is 0.320 e. The van der Waals surface area contributed by atoms with Crippen LogP contribution in [0.5, 0.6) is 0 Å². The number of carbonyl (C=O) groups is 1. The molecule has 25 heavy (non-hydrogen) atoms. The van der Waals surface area contributed by atoms with Gasteiger partial charge in [-0.1, -0.05) is 6.07 Å². The lowest BCUT2D eigenvalue weighted by molar-refractivity contribution is -0.156. The van der Waals surface area contributed by atoms with E-state index in [1.807, 2.05) is 33.0 Å². The van der Waals surface area contributed by atoms with Crippen LogP contribution in [-0.4, -0.2) is 54.2 Å². The van der Waals surface area contributed by atoms with Gasteiger partial charge in [0.25, 0.3) is 0 Å². The molecule has 0 amide bonds. The Labute approximate surface area is 151 Å². The summed E-state index contributed by atoms with van der Waals surface area (Å²) in [6.45, 7) is 9.49. The third-order valence-corrected chi connectivity index (χ3v) is 4.53. The molecule has 2 heterocycles. The third-order valence-electron chi connectivity index (χ3n) is 4.19. The Hall–Kier alpha value is -1.71. The van der Waals surface area contributed by atoms with E-state index in [0.717, 1.165) is 42.4 Å². The lowest BCUT2D eigenvalue weighted by Crippen LogP contribution is -2.48. The average molecular weight is 359 g/mol. The van der Waals surface area contributed by atoms with E-state index >= 15 is 0 Å². The Morgan fingerprint density at radius 2 is 1.96 bits per heavy atom. The molecule has 0 saturated carbocycles. The van der Waals surface area contributed by atoms with Gasteiger partial charge in [0.15, 0.2) is 0 Å². The summed E-state index contributed by atoms with van der Waals surface area (Å²) in [6, 6.07) is 8.37. The number of esters is 1. The molecule has 6 heteroatoms. The summed E-state index contributed by atoms with van der Waals surface area (Å²) in [6.07, 6.45) is 1.84. The number of pyridine rings is 1. The summed E-state index contributed by atoms with van der Waals surface area (Å²) < 4.78 is 5.42. The second-order valence-corrected chi connectivity index (χ2v) is 8.13. The highest BCUT2D eigenvalue weighted by Gasteiger charge is 2.23. The molecule has 0 N–H and O–H groups in total. The molecular weight excluding hydrogens is 333 g/mol. The van der Waals surface area contributed by atoms with Crippen molar-refractivity contribution in [1.82, 2.24) is 9.88 Å². The van der Waals surface area contributed by atoms with Crippen molar-refractivity contribution in [2.75, 3.05) is 37.6 Å². The second-order valence-electron chi connectivity index (χ2n) is 7.46. The largest absolute Gasteiger partial charge is 0.459 e. The molecule has 1 aliphatic rings. The molecule has 0 aliphatic carbocycles. The Kier molecular flexibility index (Phi) is 5.26. The number of fused-ring (bicyclic) bond motifs is 1. The molecule has 1 saturated heterocycles. The topological polar surface area (TPSA) is 45.7 Å². The summed E-state index contributed by atoms with van der Waals surface area (Å²) in [5, 5.41) is 2.31. The molecule has 1 aliphatic heterocycles. The van der Waals surface area contributed by atoms with Crippen molar-refractivity contribution >= 4 is 37.1 Å². The molecule has 2 aromatic rings. The monoisotopic (exact) mass is 359 g/mol. The van der Waals surface area contributed by atoms with Gasteiger partial charge in [0.1, 0.15) is 5.60 Å². The smallest absolute Gasteiger partial charge is 0.320 e. The summed E-state index contributed by atoms with van der Waals surface area (Å²) in [4.78, 5) is 21.1. The molecule has 1 fully saturated rings. The lowest BCUT2D eigenvalue weighted by atomic mass is 10.1. The highest BCUT2D eigenvalue weighted by molar-refractivity contribution is 7.27. The summed E-state index contributed by atoms with van der Waals surface area (Å²) in [5.74, 6) is -0.153. The van der Waals surface area contributed by atoms with Crippen molar-refractivity contribution in [1.29, 1.82) is 0 Å². The predicted octanol–water partition coefficient (Wildman–Crippen LogP) is 2.20. The number of benzene rings is 1.